The molecule has 0 aromatic heterocycles. The molecular weight excluding hydrogens is 439 g/mol. The van der Waals surface area contributed by atoms with Crippen molar-refractivity contribution in [3.63, 3.8) is 0 Å². The van der Waals surface area contributed by atoms with Gasteiger partial charge in [-0.2, -0.15) is 0 Å². The maximum Gasteiger partial charge on any atom is 0.123 e. The lowest BCUT2D eigenvalue weighted by Gasteiger charge is -2.37. The van der Waals surface area contributed by atoms with Gasteiger partial charge in [0.25, 0.3) is 0 Å². The minimum absolute atomic E-state index is 0.0305. The number of hydrogen-bond donors (Lipinski definition) is 4. The van der Waals surface area contributed by atoms with Crippen LogP contribution in [0, 0.1) is 22.6 Å². The summed E-state index contributed by atoms with van der Waals surface area (Å²) >= 11 is 0. The zero-order chi connectivity index (χ0) is 25.8. The average Bonchev–Trinajstić information content (AvgIpc) is 2.86. The third-order valence-corrected chi connectivity index (χ3v) is 5.96. The fraction of sp³-hybridized carbons (Fsp3) is 0.310. The molecule has 0 spiro atoms. The zero-order valence-corrected chi connectivity index (χ0v) is 21.1. The number of carbonyl (C=O) groups excluding carboxylic acids is 1. The SMILES string of the molecule is C=O.CC(C)CC(c1ccc(Nc2ccc(F)cc2)c(C=N)c1)C(C)(C)CNNc1ccccc1. The number of halogens is 1. The quantitative estimate of drug-likeness (QED) is 0.175. The lowest BCUT2D eigenvalue weighted by Crippen LogP contribution is -2.38. The largest absolute Gasteiger partial charge is 0.355 e. The van der Waals surface area contributed by atoms with Crippen molar-refractivity contribution in [2.24, 2.45) is 11.3 Å². The van der Waals surface area contributed by atoms with E-state index in [2.05, 4.69) is 56.0 Å². The molecule has 3 aromatic carbocycles. The highest BCUT2D eigenvalue weighted by molar-refractivity contribution is 5.87. The van der Waals surface area contributed by atoms with E-state index in [1.807, 2.05) is 43.2 Å². The molecule has 4 N–H and O–H groups in total. The predicted octanol–water partition coefficient (Wildman–Crippen LogP) is 7.15. The third kappa shape index (κ3) is 8.34. The highest BCUT2D eigenvalue weighted by Crippen LogP contribution is 2.41. The number of para-hydroxylation sites is 1. The van der Waals surface area contributed by atoms with Crippen molar-refractivity contribution in [3.8, 4) is 0 Å². The molecule has 0 aliphatic heterocycles. The van der Waals surface area contributed by atoms with E-state index in [1.165, 1.54) is 23.9 Å². The van der Waals surface area contributed by atoms with Crippen LogP contribution in [0.5, 0.6) is 0 Å². The normalized spacial score (nSPS) is 11.8. The zero-order valence-electron chi connectivity index (χ0n) is 21.1. The lowest BCUT2D eigenvalue weighted by molar-refractivity contribution is -0.0979. The van der Waals surface area contributed by atoms with Crippen molar-refractivity contribution >= 4 is 30.1 Å². The van der Waals surface area contributed by atoms with Gasteiger partial charge in [-0.05, 0) is 77.8 Å². The smallest absolute Gasteiger partial charge is 0.123 e. The second kappa shape index (κ2) is 13.4. The van der Waals surface area contributed by atoms with Crippen molar-refractivity contribution in [2.75, 3.05) is 17.3 Å². The maximum absolute atomic E-state index is 13.2. The van der Waals surface area contributed by atoms with Gasteiger partial charge in [-0.3, -0.25) is 0 Å². The van der Waals surface area contributed by atoms with Gasteiger partial charge in [-0.25, -0.2) is 9.82 Å². The Balaban J connectivity index is 0.00000210. The van der Waals surface area contributed by atoms with Crippen LogP contribution in [-0.4, -0.2) is 19.5 Å². The van der Waals surface area contributed by atoms with Crippen molar-refractivity contribution < 1.29 is 9.18 Å². The Morgan fingerprint density at radius 3 is 2.23 bits per heavy atom. The van der Waals surface area contributed by atoms with Gasteiger partial charge < -0.3 is 20.9 Å². The van der Waals surface area contributed by atoms with E-state index in [1.54, 1.807) is 12.1 Å². The first-order valence-electron chi connectivity index (χ1n) is 11.8. The summed E-state index contributed by atoms with van der Waals surface area (Å²) in [4.78, 5) is 8.00. The second-order valence-electron chi connectivity index (χ2n) is 9.64. The molecule has 0 aliphatic rings. The van der Waals surface area contributed by atoms with Crippen LogP contribution < -0.4 is 16.2 Å². The Hall–Kier alpha value is -3.51. The number of anilines is 3. The molecule has 35 heavy (non-hydrogen) atoms. The molecule has 1 atom stereocenters. The van der Waals surface area contributed by atoms with Crippen LogP contribution in [0.2, 0.25) is 0 Å². The van der Waals surface area contributed by atoms with Gasteiger partial charge in [-0.15, -0.1) is 0 Å². The summed E-state index contributed by atoms with van der Waals surface area (Å²) in [5, 5.41) is 11.3. The van der Waals surface area contributed by atoms with Crippen LogP contribution in [0.4, 0.5) is 21.5 Å². The van der Waals surface area contributed by atoms with E-state index in [0.29, 0.717) is 11.8 Å². The standard InChI is InChI=1S/C28H35FN4.CH2O/c1-20(2)16-26(28(3,4)19-31-33-25-8-6-5-7-9-25)21-10-15-27(22(17-21)18-30)32-24-13-11-23(29)12-14-24;1-2/h5-15,17-18,20,26,30-33H,16,19H2,1-4H3;1H2. The molecule has 6 heteroatoms. The van der Waals surface area contributed by atoms with Crippen molar-refractivity contribution in [1.82, 2.24) is 5.43 Å². The van der Waals surface area contributed by atoms with E-state index in [0.717, 1.165) is 35.6 Å². The van der Waals surface area contributed by atoms with E-state index >= 15 is 0 Å². The fourth-order valence-corrected chi connectivity index (χ4v) is 4.12. The summed E-state index contributed by atoms with van der Waals surface area (Å²) in [6.45, 7) is 11.9. The number of nitrogens with one attached hydrogen (secondary N) is 4. The van der Waals surface area contributed by atoms with Gasteiger partial charge in [0.05, 0.1) is 0 Å². The molecule has 1 unspecified atom stereocenters. The van der Waals surface area contributed by atoms with E-state index in [4.69, 9.17) is 10.2 Å². The van der Waals surface area contributed by atoms with Gasteiger partial charge in [0, 0.05) is 35.4 Å². The minimum Gasteiger partial charge on any atom is -0.355 e. The topological polar surface area (TPSA) is 77.0 Å². The van der Waals surface area contributed by atoms with Gasteiger partial charge in [-0.1, -0.05) is 52.0 Å². The summed E-state index contributed by atoms with van der Waals surface area (Å²) in [6, 6.07) is 22.6. The summed E-state index contributed by atoms with van der Waals surface area (Å²) in [5.41, 5.74) is 11.4. The summed E-state index contributed by atoms with van der Waals surface area (Å²) in [7, 11) is 0. The van der Waals surface area contributed by atoms with Crippen molar-refractivity contribution in [1.29, 1.82) is 5.41 Å². The highest BCUT2D eigenvalue weighted by Gasteiger charge is 2.31. The Morgan fingerprint density at radius 2 is 1.63 bits per heavy atom. The second-order valence-corrected chi connectivity index (χ2v) is 9.64. The summed E-state index contributed by atoms with van der Waals surface area (Å²) in [5.74, 6) is 0.579. The van der Waals surface area contributed by atoms with Gasteiger partial charge in [0.15, 0.2) is 0 Å². The Morgan fingerprint density at radius 1 is 0.971 bits per heavy atom. The molecule has 0 radical (unpaired) electrons. The first-order valence-corrected chi connectivity index (χ1v) is 11.8. The van der Waals surface area contributed by atoms with E-state index in [9.17, 15) is 4.39 Å². The Labute approximate surface area is 208 Å². The molecule has 0 amide bonds. The molecule has 0 heterocycles. The number of hydrazine groups is 1. The molecule has 0 aliphatic carbocycles. The van der Waals surface area contributed by atoms with Gasteiger partial charge in [0.2, 0.25) is 0 Å². The molecule has 0 fully saturated rings. The van der Waals surface area contributed by atoms with E-state index < -0.39 is 0 Å². The van der Waals surface area contributed by atoms with Crippen LogP contribution in [-0.2, 0) is 4.79 Å². The van der Waals surface area contributed by atoms with Crippen LogP contribution >= 0.6 is 0 Å². The van der Waals surface area contributed by atoms with Crippen molar-refractivity contribution in [2.45, 2.75) is 40.0 Å². The lowest BCUT2D eigenvalue weighted by atomic mass is 9.71. The molecule has 3 rings (SSSR count). The molecular formula is C29H37FN4O. The molecule has 3 aromatic rings. The summed E-state index contributed by atoms with van der Waals surface area (Å²) in [6.07, 6.45) is 2.42. The van der Waals surface area contributed by atoms with Crippen LogP contribution in [0.1, 0.15) is 51.2 Å². The van der Waals surface area contributed by atoms with Crippen molar-refractivity contribution in [3.05, 3.63) is 89.7 Å². The van der Waals surface area contributed by atoms with Gasteiger partial charge >= 0.3 is 0 Å². The van der Waals surface area contributed by atoms with Crippen LogP contribution in [0.25, 0.3) is 0 Å². The first kappa shape index (κ1) is 27.7. The monoisotopic (exact) mass is 476 g/mol. The molecule has 5 nitrogen and oxygen atoms in total. The Bertz CT molecular complexity index is 1050. The maximum atomic E-state index is 13.2. The predicted molar refractivity (Wildman–Crippen MR) is 145 cm³/mol. The molecule has 186 valence electrons. The Kier molecular flexibility index (Phi) is 10.6. The third-order valence-electron chi connectivity index (χ3n) is 5.96. The van der Waals surface area contributed by atoms with Crippen LogP contribution in [0.15, 0.2) is 72.8 Å². The molecule has 0 saturated carbocycles. The average molecular weight is 477 g/mol. The number of rotatable bonds is 11. The van der Waals surface area contributed by atoms with Crippen LogP contribution in [0.3, 0.4) is 0 Å². The number of hydrogen-bond acceptors (Lipinski definition) is 5. The highest BCUT2D eigenvalue weighted by atomic mass is 19.1. The number of carbonyl (C=O) groups is 1. The van der Waals surface area contributed by atoms with Gasteiger partial charge in [0.1, 0.15) is 12.6 Å². The fourth-order valence-electron chi connectivity index (χ4n) is 4.12. The summed E-state index contributed by atoms with van der Waals surface area (Å²) < 4.78 is 13.2. The first-order chi connectivity index (χ1) is 16.8. The van der Waals surface area contributed by atoms with E-state index in [-0.39, 0.29) is 11.2 Å². The minimum atomic E-state index is -0.266. The molecule has 0 bridgehead atoms. The molecule has 0 saturated heterocycles. The number of benzene rings is 3.